The van der Waals surface area contributed by atoms with Crippen molar-refractivity contribution >= 4 is 5.97 Å². The fraction of sp³-hybridized carbons (Fsp3) is 0.889. The van der Waals surface area contributed by atoms with E-state index in [0.717, 1.165) is 0 Å². The molecule has 1 unspecified atom stereocenters. The number of nitrogens with one attached hydrogen (secondary N) is 3. The van der Waals surface area contributed by atoms with Crippen LogP contribution in [-0.2, 0) is 4.79 Å². The van der Waals surface area contributed by atoms with Gasteiger partial charge in [0.25, 0.3) is 0 Å². The van der Waals surface area contributed by atoms with E-state index in [0.29, 0.717) is 6.42 Å². The van der Waals surface area contributed by atoms with E-state index in [1.807, 2.05) is 13.8 Å². The minimum atomic E-state index is -1.16. The van der Waals surface area contributed by atoms with E-state index < -0.39 is 17.2 Å². The molecule has 1 atom stereocenters. The van der Waals surface area contributed by atoms with E-state index in [2.05, 4.69) is 16.0 Å². The van der Waals surface area contributed by atoms with Gasteiger partial charge < -0.3 is 10.4 Å². The lowest BCUT2D eigenvalue weighted by atomic mass is 9.83. The van der Waals surface area contributed by atoms with Gasteiger partial charge in [-0.2, -0.15) is 0 Å². The molecule has 84 valence electrons. The maximum absolute atomic E-state index is 11.3. The summed E-state index contributed by atoms with van der Waals surface area (Å²) in [6.45, 7) is 3.82. The smallest absolute Gasteiger partial charge is 0.340 e. The predicted octanol–water partition coefficient (Wildman–Crippen LogP) is -0.406. The maximum Gasteiger partial charge on any atom is 0.340 e. The van der Waals surface area contributed by atoms with Gasteiger partial charge >= 0.3 is 5.97 Å². The lowest BCUT2D eigenvalue weighted by Gasteiger charge is -2.44. The summed E-state index contributed by atoms with van der Waals surface area (Å²) in [5.74, 6) is -0.916. The molecule has 4 N–H and O–H groups in total. The Kier molecular flexibility index (Phi) is 4.51. The number of likely N-dealkylation sites (N-methyl/N-ethyl adjacent to an activating group) is 3. The summed E-state index contributed by atoms with van der Waals surface area (Å²) in [5, 5.41) is 18.0. The highest BCUT2D eigenvalue weighted by atomic mass is 16.4. The highest BCUT2D eigenvalue weighted by molar-refractivity contribution is 5.80. The Balaban J connectivity index is 5.25. The van der Waals surface area contributed by atoms with Crippen LogP contribution in [0.15, 0.2) is 0 Å². The minimum Gasteiger partial charge on any atom is -0.479 e. The molecular weight excluding hydrogens is 182 g/mol. The number of rotatable bonds is 6. The second-order valence-electron chi connectivity index (χ2n) is 3.49. The van der Waals surface area contributed by atoms with E-state index in [9.17, 15) is 9.90 Å². The molecule has 0 fully saturated rings. The van der Waals surface area contributed by atoms with Crippen molar-refractivity contribution in [1.29, 1.82) is 0 Å². The topological polar surface area (TPSA) is 73.4 Å². The van der Waals surface area contributed by atoms with Crippen molar-refractivity contribution in [1.82, 2.24) is 16.0 Å². The van der Waals surface area contributed by atoms with Gasteiger partial charge in [-0.3, -0.25) is 10.6 Å². The molecular formula is C9H21N3O2. The molecule has 0 aliphatic rings. The van der Waals surface area contributed by atoms with Gasteiger partial charge in [0.2, 0.25) is 0 Å². The molecule has 0 aromatic heterocycles. The average Bonchev–Trinajstić information content (AvgIpc) is 2.19. The van der Waals surface area contributed by atoms with Crippen LogP contribution >= 0.6 is 0 Å². The Morgan fingerprint density at radius 2 is 1.64 bits per heavy atom. The molecule has 0 aromatic carbocycles. The molecule has 0 rings (SSSR count). The van der Waals surface area contributed by atoms with Gasteiger partial charge in [-0.05, 0) is 34.5 Å². The molecule has 0 amide bonds. The largest absolute Gasteiger partial charge is 0.479 e. The van der Waals surface area contributed by atoms with Crippen molar-refractivity contribution < 1.29 is 9.90 Å². The Bertz CT molecular complexity index is 198. The first kappa shape index (κ1) is 13.4. The molecule has 0 heterocycles. The van der Waals surface area contributed by atoms with Crippen molar-refractivity contribution in [3.8, 4) is 0 Å². The van der Waals surface area contributed by atoms with Gasteiger partial charge in [-0.15, -0.1) is 0 Å². The molecule has 5 nitrogen and oxygen atoms in total. The van der Waals surface area contributed by atoms with Gasteiger partial charge in [0.15, 0.2) is 5.66 Å². The molecule has 0 radical (unpaired) electrons. The van der Waals surface area contributed by atoms with E-state index >= 15 is 0 Å². The van der Waals surface area contributed by atoms with Gasteiger partial charge in [0.05, 0.1) is 5.54 Å². The van der Waals surface area contributed by atoms with Crippen LogP contribution in [0.3, 0.4) is 0 Å². The van der Waals surface area contributed by atoms with Crippen molar-refractivity contribution in [2.24, 2.45) is 0 Å². The zero-order valence-corrected chi connectivity index (χ0v) is 9.56. The number of carboxylic acid groups (broad SMARTS) is 1. The van der Waals surface area contributed by atoms with Gasteiger partial charge in [0, 0.05) is 0 Å². The third kappa shape index (κ3) is 1.75. The zero-order valence-electron chi connectivity index (χ0n) is 9.56. The van der Waals surface area contributed by atoms with E-state index in [1.165, 1.54) is 0 Å². The molecule has 0 aromatic rings. The van der Waals surface area contributed by atoms with Crippen LogP contribution in [0.2, 0.25) is 0 Å². The normalized spacial score (nSPS) is 16.4. The fourth-order valence-corrected chi connectivity index (χ4v) is 1.76. The number of hydrogen-bond donors (Lipinski definition) is 4. The molecule has 0 spiro atoms. The lowest BCUT2D eigenvalue weighted by Crippen LogP contribution is -2.76. The Morgan fingerprint density at radius 1 is 1.21 bits per heavy atom. The summed E-state index contributed by atoms with van der Waals surface area (Å²) in [7, 11) is 5.03. The number of hydrogen-bond acceptors (Lipinski definition) is 4. The van der Waals surface area contributed by atoms with Crippen LogP contribution in [0.1, 0.15) is 20.3 Å². The third-order valence-electron chi connectivity index (χ3n) is 3.16. The monoisotopic (exact) mass is 203 g/mol. The number of carbonyl (C=O) groups is 1. The summed E-state index contributed by atoms with van der Waals surface area (Å²) >= 11 is 0. The number of carboxylic acids is 1. The third-order valence-corrected chi connectivity index (χ3v) is 3.16. The van der Waals surface area contributed by atoms with E-state index in [1.54, 1.807) is 21.1 Å². The Hall–Kier alpha value is -0.650. The summed E-state index contributed by atoms with van der Waals surface area (Å²) in [4.78, 5) is 11.3. The molecule has 0 bridgehead atoms. The summed E-state index contributed by atoms with van der Waals surface area (Å²) in [6.07, 6.45) is 0.692. The zero-order chi connectivity index (χ0) is 11.4. The van der Waals surface area contributed by atoms with Crippen LogP contribution < -0.4 is 16.0 Å². The summed E-state index contributed by atoms with van der Waals surface area (Å²) < 4.78 is 0. The first-order chi connectivity index (χ1) is 6.44. The van der Waals surface area contributed by atoms with Crippen molar-refractivity contribution in [3.05, 3.63) is 0 Å². The van der Waals surface area contributed by atoms with Crippen LogP contribution in [0, 0.1) is 0 Å². The van der Waals surface area contributed by atoms with Crippen molar-refractivity contribution in [3.63, 3.8) is 0 Å². The summed E-state index contributed by atoms with van der Waals surface area (Å²) in [5.41, 5.74) is -1.71. The van der Waals surface area contributed by atoms with Crippen molar-refractivity contribution in [2.75, 3.05) is 21.1 Å². The second kappa shape index (κ2) is 4.72. The number of aliphatic carboxylic acids is 1. The molecule has 0 aliphatic heterocycles. The highest BCUT2D eigenvalue weighted by Crippen LogP contribution is 2.22. The Labute approximate surface area is 85.3 Å². The fourth-order valence-electron chi connectivity index (χ4n) is 1.76. The van der Waals surface area contributed by atoms with Crippen LogP contribution in [0.25, 0.3) is 0 Å². The quantitative estimate of drug-likeness (QED) is 0.442. The van der Waals surface area contributed by atoms with E-state index in [-0.39, 0.29) is 0 Å². The Morgan fingerprint density at radius 3 is 1.71 bits per heavy atom. The molecule has 14 heavy (non-hydrogen) atoms. The van der Waals surface area contributed by atoms with E-state index in [4.69, 9.17) is 0 Å². The first-order valence-corrected chi connectivity index (χ1v) is 4.74. The predicted molar refractivity (Wildman–Crippen MR) is 56.2 cm³/mol. The molecule has 0 saturated carbocycles. The van der Waals surface area contributed by atoms with Gasteiger partial charge in [-0.25, -0.2) is 4.79 Å². The van der Waals surface area contributed by atoms with Gasteiger partial charge in [-0.1, -0.05) is 6.92 Å². The average molecular weight is 203 g/mol. The van der Waals surface area contributed by atoms with Crippen LogP contribution in [-0.4, -0.2) is 43.4 Å². The lowest BCUT2D eigenvalue weighted by molar-refractivity contribution is -0.150. The maximum atomic E-state index is 11.3. The minimum absolute atomic E-state index is 0.553. The second-order valence-corrected chi connectivity index (χ2v) is 3.49. The molecule has 0 aliphatic carbocycles. The molecule has 5 heteroatoms. The van der Waals surface area contributed by atoms with Gasteiger partial charge in [0.1, 0.15) is 0 Å². The molecule has 0 saturated heterocycles. The SMILES string of the molecule is CCC(C)(NC)C(NC)(NC)C(=O)O. The standard InChI is InChI=1S/C9H21N3O2/c1-6-8(2,10-3)9(11-4,12-5)7(13)14/h10-12H,6H2,1-5H3,(H,13,14). The highest BCUT2D eigenvalue weighted by Gasteiger charge is 2.50. The summed E-state index contributed by atoms with van der Waals surface area (Å²) in [6, 6.07) is 0. The first-order valence-electron chi connectivity index (χ1n) is 4.74. The van der Waals surface area contributed by atoms with Crippen molar-refractivity contribution in [2.45, 2.75) is 31.5 Å². The van der Waals surface area contributed by atoms with Crippen LogP contribution in [0.4, 0.5) is 0 Å². The van der Waals surface area contributed by atoms with Crippen LogP contribution in [0.5, 0.6) is 0 Å².